The standard InChI is InChI=1S/C18H21N5O3S2/c1-4-23-16(25)14-11-6-5-9(2)7-12(11)28-15(14)21-18(23)27-8-13(24)20-17-19-10(3)22-26-17/h9H,4-8H2,1-3H3,(H,19,20,22,24). The van der Waals surface area contributed by atoms with Crippen LogP contribution in [0.2, 0.25) is 0 Å². The third-order valence-corrected chi connectivity index (χ3v) is 6.93. The van der Waals surface area contributed by atoms with Gasteiger partial charge in [-0.1, -0.05) is 23.8 Å². The largest absolute Gasteiger partial charge is 0.328 e. The summed E-state index contributed by atoms with van der Waals surface area (Å²) in [5, 5.41) is 7.51. The molecular weight excluding hydrogens is 398 g/mol. The van der Waals surface area contributed by atoms with E-state index in [0.29, 0.717) is 23.4 Å². The van der Waals surface area contributed by atoms with Crippen LogP contribution in [0, 0.1) is 12.8 Å². The second-order valence-electron chi connectivity index (χ2n) is 6.96. The molecule has 3 aromatic heterocycles. The molecule has 8 nitrogen and oxygen atoms in total. The van der Waals surface area contributed by atoms with Gasteiger partial charge in [-0.15, -0.1) is 11.3 Å². The van der Waals surface area contributed by atoms with Gasteiger partial charge < -0.3 is 4.52 Å². The SMILES string of the molecule is CCn1c(SCC(=O)Nc2nc(C)no2)nc2sc3c(c2c1=O)CCC(C)C3. The highest BCUT2D eigenvalue weighted by molar-refractivity contribution is 7.99. The Morgan fingerprint density at radius 1 is 1.43 bits per heavy atom. The number of nitrogens with zero attached hydrogens (tertiary/aromatic N) is 4. The maximum atomic E-state index is 13.1. The van der Waals surface area contributed by atoms with Crippen LogP contribution in [0.3, 0.4) is 0 Å². The van der Waals surface area contributed by atoms with E-state index in [1.54, 1.807) is 22.8 Å². The average molecular weight is 420 g/mol. The third kappa shape index (κ3) is 3.58. The first kappa shape index (κ1) is 19.1. The van der Waals surface area contributed by atoms with Crippen LogP contribution >= 0.6 is 23.1 Å². The molecule has 1 N–H and O–H groups in total. The summed E-state index contributed by atoms with van der Waals surface area (Å²) in [7, 11) is 0. The normalized spacial score (nSPS) is 16.3. The zero-order valence-electron chi connectivity index (χ0n) is 15.9. The van der Waals surface area contributed by atoms with Crippen LogP contribution in [-0.2, 0) is 24.2 Å². The maximum absolute atomic E-state index is 13.1. The highest BCUT2D eigenvalue weighted by atomic mass is 32.2. The molecule has 0 bridgehead atoms. The minimum absolute atomic E-state index is 0.00464. The number of carbonyl (C=O) groups excluding carboxylic acids is 1. The molecular formula is C18H21N5O3S2. The Bertz CT molecular complexity index is 1100. The van der Waals surface area contributed by atoms with Crippen LogP contribution in [0.1, 0.15) is 36.5 Å². The molecule has 1 atom stereocenters. The number of hydrogen-bond acceptors (Lipinski definition) is 8. The Morgan fingerprint density at radius 2 is 2.25 bits per heavy atom. The Hall–Kier alpha value is -2.20. The average Bonchev–Trinajstić information content (AvgIpc) is 3.22. The van der Waals surface area contributed by atoms with Crippen molar-refractivity contribution in [3.63, 3.8) is 0 Å². The molecule has 28 heavy (non-hydrogen) atoms. The van der Waals surface area contributed by atoms with Crippen LogP contribution in [0.5, 0.6) is 0 Å². The number of amides is 1. The highest BCUT2D eigenvalue weighted by Crippen LogP contribution is 2.36. The molecule has 0 aromatic carbocycles. The number of anilines is 1. The lowest BCUT2D eigenvalue weighted by Crippen LogP contribution is -2.24. The van der Waals surface area contributed by atoms with Crippen LogP contribution in [0.15, 0.2) is 14.5 Å². The molecule has 1 aliphatic rings. The first-order valence-electron chi connectivity index (χ1n) is 9.24. The molecule has 3 aromatic rings. The van der Waals surface area contributed by atoms with Crippen molar-refractivity contribution in [3.05, 3.63) is 26.6 Å². The highest BCUT2D eigenvalue weighted by Gasteiger charge is 2.24. The number of aryl methyl sites for hydroxylation is 2. The number of rotatable bonds is 5. The number of hydrogen-bond donors (Lipinski definition) is 1. The lowest BCUT2D eigenvalue weighted by molar-refractivity contribution is -0.114. The molecule has 1 aliphatic carbocycles. The van der Waals surface area contributed by atoms with Crippen molar-refractivity contribution in [3.8, 4) is 0 Å². The van der Waals surface area contributed by atoms with Crippen molar-refractivity contribution in [1.82, 2.24) is 19.7 Å². The van der Waals surface area contributed by atoms with E-state index in [9.17, 15) is 9.59 Å². The second-order valence-corrected chi connectivity index (χ2v) is 8.99. The van der Waals surface area contributed by atoms with E-state index < -0.39 is 0 Å². The molecule has 3 heterocycles. The Balaban J connectivity index is 1.60. The summed E-state index contributed by atoms with van der Waals surface area (Å²) >= 11 is 2.86. The number of carbonyl (C=O) groups is 1. The van der Waals surface area contributed by atoms with Gasteiger partial charge in [0, 0.05) is 11.4 Å². The summed E-state index contributed by atoms with van der Waals surface area (Å²) in [4.78, 5) is 36.0. The van der Waals surface area contributed by atoms with Gasteiger partial charge in [0.25, 0.3) is 5.56 Å². The van der Waals surface area contributed by atoms with E-state index in [0.717, 1.165) is 29.5 Å². The number of thiophene rings is 1. The number of thioether (sulfide) groups is 1. The topological polar surface area (TPSA) is 103 Å². The minimum atomic E-state index is -0.287. The summed E-state index contributed by atoms with van der Waals surface area (Å²) in [5.41, 5.74) is 1.17. The van der Waals surface area contributed by atoms with Crippen LogP contribution < -0.4 is 10.9 Å². The van der Waals surface area contributed by atoms with Crippen molar-refractivity contribution >= 4 is 45.2 Å². The predicted molar refractivity (Wildman–Crippen MR) is 109 cm³/mol. The first-order valence-corrected chi connectivity index (χ1v) is 11.0. The molecule has 0 saturated heterocycles. The molecule has 4 rings (SSSR count). The number of aromatic nitrogens is 4. The van der Waals surface area contributed by atoms with Crippen molar-refractivity contribution < 1.29 is 9.32 Å². The van der Waals surface area contributed by atoms with Crippen LogP contribution in [0.25, 0.3) is 10.2 Å². The van der Waals surface area contributed by atoms with E-state index in [-0.39, 0.29) is 23.2 Å². The Morgan fingerprint density at radius 3 is 2.96 bits per heavy atom. The summed E-state index contributed by atoms with van der Waals surface area (Å²) in [6.45, 7) is 6.35. The molecule has 1 unspecified atom stereocenters. The fraction of sp³-hybridized carbons (Fsp3) is 0.500. The van der Waals surface area contributed by atoms with Crippen molar-refractivity contribution in [2.24, 2.45) is 5.92 Å². The summed E-state index contributed by atoms with van der Waals surface area (Å²) < 4.78 is 6.55. The van der Waals surface area contributed by atoms with Crippen LogP contribution in [-0.4, -0.2) is 31.4 Å². The van der Waals surface area contributed by atoms with Gasteiger partial charge in [0.15, 0.2) is 11.0 Å². The van der Waals surface area contributed by atoms with Gasteiger partial charge >= 0.3 is 6.01 Å². The monoisotopic (exact) mass is 419 g/mol. The smallest absolute Gasteiger partial charge is 0.315 e. The van der Waals surface area contributed by atoms with Gasteiger partial charge in [-0.25, -0.2) is 4.98 Å². The van der Waals surface area contributed by atoms with Gasteiger partial charge in [0.05, 0.1) is 11.1 Å². The molecule has 0 aliphatic heterocycles. The lowest BCUT2D eigenvalue weighted by atomic mass is 9.89. The molecule has 1 amide bonds. The molecule has 10 heteroatoms. The van der Waals surface area contributed by atoms with E-state index in [4.69, 9.17) is 9.51 Å². The summed E-state index contributed by atoms with van der Waals surface area (Å²) in [5.74, 6) is 0.900. The summed E-state index contributed by atoms with van der Waals surface area (Å²) in [6.07, 6.45) is 3.06. The maximum Gasteiger partial charge on any atom is 0.328 e. The van der Waals surface area contributed by atoms with Gasteiger partial charge in [0.1, 0.15) is 4.83 Å². The molecule has 0 radical (unpaired) electrons. The predicted octanol–water partition coefficient (Wildman–Crippen LogP) is 3.02. The second kappa shape index (κ2) is 7.67. The van der Waals surface area contributed by atoms with Gasteiger partial charge in [-0.05, 0) is 44.6 Å². The van der Waals surface area contributed by atoms with Crippen LogP contribution in [0.4, 0.5) is 6.01 Å². The molecule has 0 spiro atoms. The van der Waals surface area contributed by atoms with E-state index in [2.05, 4.69) is 22.4 Å². The quantitative estimate of drug-likeness (QED) is 0.501. The van der Waals surface area contributed by atoms with Crippen molar-refractivity contribution in [1.29, 1.82) is 0 Å². The van der Waals surface area contributed by atoms with Gasteiger partial charge in [0.2, 0.25) is 5.91 Å². The molecule has 148 valence electrons. The fourth-order valence-electron chi connectivity index (χ4n) is 3.43. The number of fused-ring (bicyclic) bond motifs is 3. The molecule has 0 saturated carbocycles. The Kier molecular flexibility index (Phi) is 5.24. The van der Waals surface area contributed by atoms with E-state index in [1.165, 1.54) is 22.2 Å². The zero-order chi connectivity index (χ0) is 19.8. The first-order chi connectivity index (χ1) is 13.5. The van der Waals surface area contributed by atoms with Gasteiger partial charge in [-0.3, -0.25) is 19.5 Å². The van der Waals surface area contributed by atoms with Gasteiger partial charge in [-0.2, -0.15) is 4.98 Å². The summed E-state index contributed by atoms with van der Waals surface area (Å²) in [6, 6.07) is 0.0689. The number of nitrogens with one attached hydrogen (secondary N) is 1. The minimum Gasteiger partial charge on any atom is -0.315 e. The Labute approximate surface area is 169 Å². The molecule has 0 fully saturated rings. The van der Waals surface area contributed by atoms with Crippen molar-refractivity contribution in [2.75, 3.05) is 11.1 Å². The zero-order valence-corrected chi connectivity index (χ0v) is 17.6. The fourth-order valence-corrected chi connectivity index (χ4v) is 5.71. The van der Waals surface area contributed by atoms with E-state index in [1.807, 2.05) is 6.92 Å². The van der Waals surface area contributed by atoms with E-state index >= 15 is 0 Å². The third-order valence-electron chi connectivity index (χ3n) is 4.80. The lowest BCUT2D eigenvalue weighted by Gasteiger charge is -2.17. The van der Waals surface area contributed by atoms with Crippen molar-refractivity contribution in [2.45, 2.75) is 51.7 Å².